The van der Waals surface area contributed by atoms with Crippen molar-refractivity contribution in [1.82, 2.24) is 0 Å². The van der Waals surface area contributed by atoms with Gasteiger partial charge in [-0.3, -0.25) is 0 Å². The summed E-state index contributed by atoms with van der Waals surface area (Å²) in [6.45, 7) is 2.29. The molecule has 0 radical (unpaired) electrons. The zero-order valence-electron chi connectivity index (χ0n) is 10.4. The summed E-state index contributed by atoms with van der Waals surface area (Å²) in [5, 5.41) is 11.1. The number of hydrogen-bond donors (Lipinski definition) is 1. The molecule has 1 N–H and O–H groups in total. The van der Waals surface area contributed by atoms with E-state index in [1.54, 1.807) is 0 Å². The third-order valence-corrected chi connectivity index (χ3v) is 4.28. The summed E-state index contributed by atoms with van der Waals surface area (Å²) in [5.41, 5.74) is 1.07. The van der Waals surface area contributed by atoms with Crippen LogP contribution in [0.2, 0.25) is 5.02 Å². The molecule has 1 saturated carbocycles. The number of hydrogen-bond acceptors (Lipinski definition) is 1. The largest absolute Gasteiger partial charge is 0.392 e. The Hall–Kier alpha value is -0.530. The van der Waals surface area contributed by atoms with Gasteiger partial charge in [-0.1, -0.05) is 49.6 Å². The SMILES string of the molecule is CC1CCCC(C(O)Cc2ccccc2Cl)C1. The fourth-order valence-corrected chi connectivity index (χ4v) is 3.10. The molecule has 3 unspecified atom stereocenters. The van der Waals surface area contributed by atoms with Crippen molar-refractivity contribution >= 4 is 11.6 Å². The number of aliphatic hydroxyl groups is 1. The molecular formula is C15H21ClO. The average Bonchev–Trinajstić information content (AvgIpc) is 2.32. The van der Waals surface area contributed by atoms with Gasteiger partial charge in [-0.25, -0.2) is 0 Å². The third kappa shape index (κ3) is 3.46. The summed E-state index contributed by atoms with van der Waals surface area (Å²) in [5.74, 6) is 1.21. The Morgan fingerprint density at radius 3 is 2.82 bits per heavy atom. The van der Waals surface area contributed by atoms with Crippen molar-refractivity contribution in [1.29, 1.82) is 0 Å². The highest BCUT2D eigenvalue weighted by Crippen LogP contribution is 2.32. The lowest BCUT2D eigenvalue weighted by atomic mass is 9.78. The molecule has 0 saturated heterocycles. The molecule has 0 aliphatic heterocycles. The molecule has 2 heteroatoms. The monoisotopic (exact) mass is 252 g/mol. The molecule has 0 bridgehead atoms. The van der Waals surface area contributed by atoms with Gasteiger partial charge in [0.2, 0.25) is 0 Å². The van der Waals surface area contributed by atoms with Crippen LogP contribution in [0.5, 0.6) is 0 Å². The van der Waals surface area contributed by atoms with E-state index in [0.717, 1.165) is 29.3 Å². The zero-order chi connectivity index (χ0) is 12.3. The molecule has 94 valence electrons. The van der Waals surface area contributed by atoms with E-state index in [-0.39, 0.29) is 6.10 Å². The lowest BCUT2D eigenvalue weighted by Gasteiger charge is -2.30. The summed E-state index contributed by atoms with van der Waals surface area (Å²) in [4.78, 5) is 0. The Bertz CT molecular complexity index is 364. The van der Waals surface area contributed by atoms with E-state index in [4.69, 9.17) is 11.6 Å². The predicted octanol–water partition coefficient (Wildman–Crippen LogP) is 4.07. The Morgan fingerprint density at radius 2 is 2.12 bits per heavy atom. The number of aliphatic hydroxyl groups excluding tert-OH is 1. The fraction of sp³-hybridized carbons (Fsp3) is 0.600. The fourth-order valence-electron chi connectivity index (χ4n) is 2.89. The number of rotatable bonds is 3. The van der Waals surface area contributed by atoms with Gasteiger partial charge >= 0.3 is 0 Å². The Morgan fingerprint density at radius 1 is 1.35 bits per heavy atom. The van der Waals surface area contributed by atoms with Gasteiger partial charge in [0.15, 0.2) is 0 Å². The molecule has 0 amide bonds. The molecule has 2 rings (SSSR count). The Kier molecular flexibility index (Phi) is 4.47. The van der Waals surface area contributed by atoms with Gasteiger partial charge in [0.1, 0.15) is 0 Å². The molecular weight excluding hydrogens is 232 g/mol. The van der Waals surface area contributed by atoms with Crippen LogP contribution in [-0.2, 0) is 6.42 Å². The minimum absolute atomic E-state index is 0.238. The van der Waals surface area contributed by atoms with Crippen LogP contribution in [0.4, 0.5) is 0 Å². The van der Waals surface area contributed by atoms with E-state index < -0.39 is 0 Å². The van der Waals surface area contributed by atoms with Crippen LogP contribution in [0, 0.1) is 11.8 Å². The molecule has 17 heavy (non-hydrogen) atoms. The average molecular weight is 253 g/mol. The quantitative estimate of drug-likeness (QED) is 0.860. The topological polar surface area (TPSA) is 20.2 Å². The molecule has 1 aromatic carbocycles. The maximum atomic E-state index is 10.3. The minimum Gasteiger partial charge on any atom is -0.392 e. The smallest absolute Gasteiger partial charge is 0.0609 e. The van der Waals surface area contributed by atoms with Gasteiger partial charge in [0.25, 0.3) is 0 Å². The highest BCUT2D eigenvalue weighted by atomic mass is 35.5. The van der Waals surface area contributed by atoms with Crippen LogP contribution in [0.3, 0.4) is 0 Å². The molecule has 3 atom stereocenters. The van der Waals surface area contributed by atoms with Gasteiger partial charge in [-0.05, 0) is 36.3 Å². The van der Waals surface area contributed by atoms with E-state index >= 15 is 0 Å². The normalized spacial score (nSPS) is 26.8. The van der Waals surface area contributed by atoms with Gasteiger partial charge in [-0.2, -0.15) is 0 Å². The zero-order valence-corrected chi connectivity index (χ0v) is 11.2. The molecule has 1 aliphatic rings. The maximum absolute atomic E-state index is 10.3. The molecule has 0 aromatic heterocycles. The summed E-state index contributed by atoms with van der Waals surface area (Å²) in [6, 6.07) is 7.82. The Balaban J connectivity index is 1.96. The second-order valence-electron chi connectivity index (χ2n) is 5.39. The van der Waals surface area contributed by atoms with Crippen molar-refractivity contribution in [2.75, 3.05) is 0 Å². The molecule has 1 aliphatic carbocycles. The first-order valence-corrected chi connectivity index (χ1v) is 6.96. The highest BCUT2D eigenvalue weighted by molar-refractivity contribution is 6.31. The van der Waals surface area contributed by atoms with Crippen LogP contribution in [0.15, 0.2) is 24.3 Å². The maximum Gasteiger partial charge on any atom is 0.0609 e. The molecule has 0 heterocycles. The van der Waals surface area contributed by atoms with Crippen molar-refractivity contribution < 1.29 is 5.11 Å². The van der Waals surface area contributed by atoms with Gasteiger partial charge < -0.3 is 5.11 Å². The Labute approximate surface area is 109 Å². The van der Waals surface area contributed by atoms with E-state index in [0.29, 0.717) is 12.3 Å². The highest BCUT2D eigenvalue weighted by Gasteiger charge is 2.25. The molecule has 1 aromatic rings. The van der Waals surface area contributed by atoms with E-state index in [1.807, 2.05) is 24.3 Å². The number of halogens is 1. The van der Waals surface area contributed by atoms with E-state index in [1.165, 1.54) is 12.8 Å². The van der Waals surface area contributed by atoms with Crippen LogP contribution >= 0.6 is 11.6 Å². The van der Waals surface area contributed by atoms with E-state index in [2.05, 4.69) is 6.92 Å². The second kappa shape index (κ2) is 5.88. The van der Waals surface area contributed by atoms with Crippen molar-refractivity contribution in [2.45, 2.75) is 45.1 Å². The van der Waals surface area contributed by atoms with Gasteiger partial charge in [0, 0.05) is 11.4 Å². The summed E-state index contributed by atoms with van der Waals surface area (Å²) < 4.78 is 0. The molecule has 1 fully saturated rings. The second-order valence-corrected chi connectivity index (χ2v) is 5.80. The van der Waals surface area contributed by atoms with Crippen molar-refractivity contribution in [2.24, 2.45) is 11.8 Å². The molecule has 0 spiro atoms. The van der Waals surface area contributed by atoms with Crippen LogP contribution in [-0.4, -0.2) is 11.2 Å². The summed E-state index contributed by atoms with van der Waals surface area (Å²) in [7, 11) is 0. The van der Waals surface area contributed by atoms with Crippen LogP contribution in [0.25, 0.3) is 0 Å². The van der Waals surface area contributed by atoms with Crippen molar-refractivity contribution in [3.8, 4) is 0 Å². The minimum atomic E-state index is -0.238. The molecule has 1 nitrogen and oxygen atoms in total. The first-order chi connectivity index (χ1) is 8.16. The first kappa shape index (κ1) is 12.9. The lowest BCUT2D eigenvalue weighted by molar-refractivity contribution is 0.0720. The summed E-state index contributed by atoms with van der Waals surface area (Å²) >= 11 is 6.12. The third-order valence-electron chi connectivity index (χ3n) is 3.91. The van der Waals surface area contributed by atoms with Crippen LogP contribution in [0.1, 0.15) is 38.2 Å². The van der Waals surface area contributed by atoms with Crippen molar-refractivity contribution in [3.63, 3.8) is 0 Å². The first-order valence-electron chi connectivity index (χ1n) is 6.58. The van der Waals surface area contributed by atoms with Crippen LogP contribution < -0.4 is 0 Å². The predicted molar refractivity (Wildman–Crippen MR) is 72.3 cm³/mol. The van der Waals surface area contributed by atoms with E-state index in [9.17, 15) is 5.11 Å². The van der Waals surface area contributed by atoms with Gasteiger partial charge in [0.05, 0.1) is 6.10 Å². The van der Waals surface area contributed by atoms with Gasteiger partial charge in [-0.15, -0.1) is 0 Å². The van der Waals surface area contributed by atoms with Crippen molar-refractivity contribution in [3.05, 3.63) is 34.9 Å². The summed E-state index contributed by atoms with van der Waals surface area (Å²) in [6.07, 6.45) is 5.34. The lowest BCUT2D eigenvalue weighted by Crippen LogP contribution is -2.27. The standard InChI is InChI=1S/C15H21ClO/c1-11-5-4-7-13(9-11)15(17)10-12-6-2-3-8-14(12)16/h2-3,6,8,11,13,15,17H,4-5,7,9-10H2,1H3. The number of benzene rings is 1.